The topological polar surface area (TPSA) is 35.5 Å². The van der Waals surface area contributed by atoms with E-state index in [1.807, 2.05) is 6.92 Å². The number of hydrogen-bond acceptors (Lipinski definition) is 3. The molecule has 0 aromatic rings. The summed E-state index contributed by atoms with van der Waals surface area (Å²) in [6.45, 7) is 4.74. The molecule has 3 heteroatoms. The van der Waals surface area contributed by atoms with Crippen molar-refractivity contribution in [3.05, 3.63) is 0 Å². The van der Waals surface area contributed by atoms with Crippen LogP contribution in [0.2, 0.25) is 0 Å². The van der Waals surface area contributed by atoms with Crippen LogP contribution in [0.1, 0.15) is 117 Å². The van der Waals surface area contributed by atoms with Gasteiger partial charge in [0.15, 0.2) is 0 Å². The maximum Gasteiger partial charge on any atom is 0.305 e. The van der Waals surface area contributed by atoms with Gasteiger partial charge < -0.3 is 9.47 Å². The number of ether oxygens (including phenoxy) is 2. The maximum absolute atomic E-state index is 11.6. The molecule has 0 aromatic carbocycles. The molecule has 0 saturated carbocycles. The smallest absolute Gasteiger partial charge is 0.305 e. The van der Waals surface area contributed by atoms with Crippen molar-refractivity contribution in [1.82, 2.24) is 0 Å². The molecule has 0 fully saturated rings. The van der Waals surface area contributed by atoms with Crippen LogP contribution in [-0.2, 0) is 14.3 Å². The van der Waals surface area contributed by atoms with Crippen molar-refractivity contribution in [3.63, 3.8) is 0 Å². The summed E-state index contributed by atoms with van der Waals surface area (Å²) in [5, 5.41) is 0. The molecule has 1 atom stereocenters. The Morgan fingerprint density at radius 3 is 1.64 bits per heavy atom. The maximum atomic E-state index is 11.6. The Hall–Kier alpha value is -0.570. The summed E-state index contributed by atoms with van der Waals surface area (Å²) in [4.78, 5) is 11.6. The van der Waals surface area contributed by atoms with Crippen LogP contribution in [0.25, 0.3) is 0 Å². The first kappa shape index (κ1) is 24.4. The Morgan fingerprint density at radius 1 is 0.760 bits per heavy atom. The molecule has 0 spiro atoms. The van der Waals surface area contributed by atoms with Crippen molar-refractivity contribution in [2.75, 3.05) is 13.7 Å². The predicted molar refractivity (Wildman–Crippen MR) is 107 cm³/mol. The van der Waals surface area contributed by atoms with Gasteiger partial charge in [-0.3, -0.25) is 4.79 Å². The van der Waals surface area contributed by atoms with E-state index >= 15 is 0 Å². The third-order valence-electron chi connectivity index (χ3n) is 4.92. The number of hydrogen-bond donors (Lipinski definition) is 0. The highest BCUT2D eigenvalue weighted by Gasteiger charge is 2.04. The molecule has 1 unspecified atom stereocenters. The fourth-order valence-corrected chi connectivity index (χ4v) is 2.99. The molecule has 25 heavy (non-hydrogen) atoms. The quantitative estimate of drug-likeness (QED) is 0.188. The zero-order valence-electron chi connectivity index (χ0n) is 17.3. The van der Waals surface area contributed by atoms with Crippen molar-refractivity contribution in [1.29, 1.82) is 0 Å². The SMILES string of the molecule is CCCCCCCCCCCCCCCCC(=O)OCCC(C)OC. The van der Waals surface area contributed by atoms with Gasteiger partial charge in [0.2, 0.25) is 0 Å². The molecule has 0 aliphatic rings. The average Bonchev–Trinajstić information content (AvgIpc) is 2.61. The molecule has 0 bridgehead atoms. The number of esters is 1. The van der Waals surface area contributed by atoms with Gasteiger partial charge >= 0.3 is 5.97 Å². The fraction of sp³-hybridized carbons (Fsp3) is 0.955. The van der Waals surface area contributed by atoms with Crippen molar-refractivity contribution in [2.24, 2.45) is 0 Å². The van der Waals surface area contributed by atoms with E-state index in [4.69, 9.17) is 9.47 Å². The molecule has 0 aliphatic heterocycles. The monoisotopic (exact) mass is 356 g/mol. The molecular weight excluding hydrogens is 312 g/mol. The Bertz CT molecular complexity index is 278. The van der Waals surface area contributed by atoms with E-state index in [9.17, 15) is 4.79 Å². The third-order valence-corrected chi connectivity index (χ3v) is 4.92. The van der Waals surface area contributed by atoms with Crippen molar-refractivity contribution in [2.45, 2.75) is 123 Å². The lowest BCUT2D eigenvalue weighted by atomic mass is 10.0. The highest BCUT2D eigenvalue weighted by atomic mass is 16.5. The second kappa shape index (κ2) is 19.8. The van der Waals surface area contributed by atoms with E-state index < -0.39 is 0 Å². The first-order chi connectivity index (χ1) is 12.2. The Kier molecular flexibility index (Phi) is 19.3. The molecular formula is C22H44O3. The lowest BCUT2D eigenvalue weighted by Crippen LogP contribution is -2.12. The largest absolute Gasteiger partial charge is 0.466 e. The van der Waals surface area contributed by atoms with Crippen LogP contribution < -0.4 is 0 Å². The van der Waals surface area contributed by atoms with Crippen molar-refractivity contribution < 1.29 is 14.3 Å². The summed E-state index contributed by atoms with van der Waals surface area (Å²) >= 11 is 0. The van der Waals surface area contributed by atoms with Gasteiger partial charge in [0.25, 0.3) is 0 Å². The zero-order valence-corrected chi connectivity index (χ0v) is 17.3. The number of carbonyl (C=O) groups excluding carboxylic acids is 1. The summed E-state index contributed by atoms with van der Waals surface area (Å²) in [5.74, 6) is -0.0535. The molecule has 0 amide bonds. The van der Waals surface area contributed by atoms with Crippen LogP contribution in [0.4, 0.5) is 0 Å². The van der Waals surface area contributed by atoms with Crippen LogP contribution in [0.15, 0.2) is 0 Å². The summed E-state index contributed by atoms with van der Waals surface area (Å²) in [5.41, 5.74) is 0. The first-order valence-electron chi connectivity index (χ1n) is 10.9. The molecule has 0 N–H and O–H groups in total. The normalized spacial score (nSPS) is 12.3. The standard InChI is InChI=1S/C22H44O3/c1-4-5-6-7-8-9-10-11-12-13-14-15-16-17-18-22(23)25-20-19-21(2)24-3/h21H,4-20H2,1-3H3. The lowest BCUT2D eigenvalue weighted by Gasteiger charge is -2.09. The van der Waals surface area contributed by atoms with Crippen molar-refractivity contribution in [3.8, 4) is 0 Å². The van der Waals surface area contributed by atoms with Gasteiger partial charge in [0.1, 0.15) is 0 Å². The minimum Gasteiger partial charge on any atom is -0.466 e. The second-order valence-electron chi connectivity index (χ2n) is 7.40. The van der Waals surface area contributed by atoms with Crippen LogP contribution in [-0.4, -0.2) is 25.8 Å². The summed E-state index contributed by atoms with van der Waals surface area (Å²) in [6, 6.07) is 0. The summed E-state index contributed by atoms with van der Waals surface area (Å²) in [6.07, 6.45) is 20.2. The second-order valence-corrected chi connectivity index (χ2v) is 7.40. The van der Waals surface area contributed by atoms with Gasteiger partial charge in [0, 0.05) is 20.0 Å². The zero-order chi connectivity index (χ0) is 18.6. The Labute approximate surface area is 157 Å². The van der Waals surface area contributed by atoms with Gasteiger partial charge in [-0.25, -0.2) is 0 Å². The Balaban J connectivity index is 3.14. The molecule has 150 valence electrons. The summed E-state index contributed by atoms with van der Waals surface area (Å²) in [7, 11) is 1.68. The lowest BCUT2D eigenvalue weighted by molar-refractivity contribution is -0.144. The van der Waals surface area contributed by atoms with Gasteiger partial charge in [-0.05, 0) is 13.3 Å². The van der Waals surface area contributed by atoms with Crippen LogP contribution in [0, 0.1) is 0 Å². The van der Waals surface area contributed by atoms with E-state index in [0.29, 0.717) is 13.0 Å². The molecule has 0 saturated heterocycles. The minimum atomic E-state index is -0.0535. The van der Waals surface area contributed by atoms with Gasteiger partial charge in [-0.2, -0.15) is 0 Å². The highest BCUT2D eigenvalue weighted by Crippen LogP contribution is 2.13. The van der Waals surface area contributed by atoms with Crippen LogP contribution in [0.3, 0.4) is 0 Å². The van der Waals surface area contributed by atoms with E-state index in [-0.39, 0.29) is 12.1 Å². The number of carbonyl (C=O) groups is 1. The average molecular weight is 357 g/mol. The van der Waals surface area contributed by atoms with Gasteiger partial charge in [0.05, 0.1) is 12.7 Å². The van der Waals surface area contributed by atoms with Crippen LogP contribution >= 0.6 is 0 Å². The van der Waals surface area contributed by atoms with E-state index in [0.717, 1.165) is 19.3 Å². The van der Waals surface area contributed by atoms with E-state index in [2.05, 4.69) is 6.92 Å². The predicted octanol–water partition coefficient (Wildman–Crippen LogP) is 6.83. The minimum absolute atomic E-state index is 0.0535. The third kappa shape index (κ3) is 19.6. The number of rotatable bonds is 19. The Morgan fingerprint density at radius 2 is 1.20 bits per heavy atom. The molecule has 0 aliphatic carbocycles. The van der Waals surface area contributed by atoms with E-state index in [1.165, 1.54) is 77.0 Å². The van der Waals surface area contributed by atoms with Crippen molar-refractivity contribution >= 4 is 5.97 Å². The molecule has 0 heterocycles. The number of methoxy groups -OCH3 is 1. The highest BCUT2D eigenvalue weighted by molar-refractivity contribution is 5.69. The molecule has 0 rings (SSSR count). The summed E-state index contributed by atoms with van der Waals surface area (Å²) < 4.78 is 10.3. The van der Waals surface area contributed by atoms with E-state index in [1.54, 1.807) is 7.11 Å². The first-order valence-corrected chi connectivity index (χ1v) is 10.9. The molecule has 0 radical (unpaired) electrons. The van der Waals surface area contributed by atoms with Crippen LogP contribution in [0.5, 0.6) is 0 Å². The number of unbranched alkanes of at least 4 members (excludes halogenated alkanes) is 13. The fourth-order valence-electron chi connectivity index (χ4n) is 2.99. The van der Waals surface area contributed by atoms with Gasteiger partial charge in [-0.1, -0.05) is 90.4 Å². The van der Waals surface area contributed by atoms with Gasteiger partial charge in [-0.15, -0.1) is 0 Å². The molecule has 0 aromatic heterocycles. The molecule has 3 nitrogen and oxygen atoms in total.